The Bertz CT molecular complexity index is 1060. The molecule has 34 heavy (non-hydrogen) atoms. The molecule has 0 bridgehead atoms. The van der Waals surface area contributed by atoms with Crippen molar-refractivity contribution in [3.05, 3.63) is 83.4 Å². The summed E-state index contributed by atoms with van der Waals surface area (Å²) in [4.78, 5) is 10.6. The summed E-state index contributed by atoms with van der Waals surface area (Å²) in [6, 6.07) is 19.5. The Labute approximate surface area is 198 Å². The summed E-state index contributed by atoms with van der Waals surface area (Å²) in [5.41, 5.74) is 2.68. The molecule has 2 unspecified atom stereocenters. The van der Waals surface area contributed by atoms with E-state index in [9.17, 15) is 20.1 Å². The van der Waals surface area contributed by atoms with Crippen molar-refractivity contribution < 1.29 is 29.6 Å². The number of aromatic hydroxyl groups is 1. The molecule has 3 rings (SSSR count). The summed E-state index contributed by atoms with van der Waals surface area (Å²) in [6.07, 6.45) is -0.306. The highest BCUT2D eigenvalue weighted by atomic mass is 16.5. The van der Waals surface area contributed by atoms with Crippen LogP contribution in [0, 0.1) is 0 Å². The van der Waals surface area contributed by atoms with Gasteiger partial charge >= 0.3 is 0 Å². The van der Waals surface area contributed by atoms with Crippen molar-refractivity contribution in [3.8, 4) is 17.2 Å². The molecule has 5 N–H and O–H groups in total. The Morgan fingerprint density at radius 2 is 1.71 bits per heavy atom. The van der Waals surface area contributed by atoms with Crippen molar-refractivity contribution in [1.82, 2.24) is 5.32 Å². The minimum Gasteiger partial charge on any atom is -0.506 e. The van der Waals surface area contributed by atoms with Gasteiger partial charge in [0.25, 0.3) is 0 Å². The van der Waals surface area contributed by atoms with E-state index in [-0.39, 0.29) is 18.0 Å². The first kappa shape index (κ1) is 25.0. The van der Waals surface area contributed by atoms with Gasteiger partial charge < -0.3 is 35.4 Å². The van der Waals surface area contributed by atoms with E-state index in [1.165, 1.54) is 6.07 Å². The molecule has 0 spiro atoms. The van der Waals surface area contributed by atoms with Gasteiger partial charge in [0.15, 0.2) is 0 Å². The lowest BCUT2D eigenvalue weighted by atomic mass is 10.1. The van der Waals surface area contributed by atoms with Gasteiger partial charge in [-0.05, 0) is 66.1 Å². The zero-order valence-corrected chi connectivity index (χ0v) is 19.0. The van der Waals surface area contributed by atoms with Crippen LogP contribution in [0.3, 0.4) is 0 Å². The topological polar surface area (TPSA) is 120 Å². The number of carbonyl (C=O) groups is 1. The molecule has 0 fully saturated rings. The number of phenolic OH excluding ortho intramolecular Hbond substituents is 1. The van der Waals surface area contributed by atoms with Crippen molar-refractivity contribution in [1.29, 1.82) is 0 Å². The summed E-state index contributed by atoms with van der Waals surface area (Å²) in [6.45, 7) is 1.12. The number of hydrogen-bond donors (Lipinski definition) is 5. The molecule has 0 radical (unpaired) electrons. The average Bonchev–Trinajstić information content (AvgIpc) is 2.87. The van der Waals surface area contributed by atoms with Crippen LogP contribution in [0.4, 0.5) is 5.69 Å². The SMILES string of the molecule is COc1cccc(C(O)COc2ccc(CCNCC(O)c3ccc(O)c(NC=O)c3)cc2)c1. The predicted molar refractivity (Wildman–Crippen MR) is 129 cm³/mol. The number of benzene rings is 3. The zero-order valence-electron chi connectivity index (χ0n) is 19.0. The van der Waals surface area contributed by atoms with Gasteiger partial charge in [-0.2, -0.15) is 0 Å². The number of carbonyl (C=O) groups excluding carboxylic acids is 1. The maximum atomic E-state index is 10.6. The molecule has 0 aliphatic heterocycles. The predicted octanol–water partition coefficient (Wildman–Crippen LogP) is 2.95. The molecule has 2 atom stereocenters. The first-order chi connectivity index (χ1) is 16.5. The number of phenols is 1. The number of methoxy groups -OCH3 is 1. The molecular weight excluding hydrogens is 436 g/mol. The van der Waals surface area contributed by atoms with E-state index in [1.54, 1.807) is 25.3 Å². The summed E-state index contributed by atoms with van der Waals surface area (Å²) >= 11 is 0. The van der Waals surface area contributed by atoms with Crippen LogP contribution in [0.2, 0.25) is 0 Å². The molecule has 3 aromatic rings. The largest absolute Gasteiger partial charge is 0.506 e. The third-order valence-electron chi connectivity index (χ3n) is 5.36. The second kappa shape index (κ2) is 12.6. The van der Waals surface area contributed by atoms with Crippen molar-refractivity contribution in [2.24, 2.45) is 0 Å². The lowest BCUT2D eigenvalue weighted by Crippen LogP contribution is -2.23. The van der Waals surface area contributed by atoms with Crippen LogP contribution in [-0.4, -0.2) is 48.5 Å². The first-order valence-corrected chi connectivity index (χ1v) is 11.0. The monoisotopic (exact) mass is 466 g/mol. The summed E-state index contributed by atoms with van der Waals surface area (Å²) < 4.78 is 10.9. The quantitative estimate of drug-likeness (QED) is 0.149. The molecule has 8 nitrogen and oxygen atoms in total. The zero-order chi connectivity index (χ0) is 24.3. The Balaban J connectivity index is 1.41. The number of amides is 1. The molecule has 1 amide bonds. The van der Waals surface area contributed by atoms with Gasteiger partial charge in [0.1, 0.15) is 30.0 Å². The Hall–Kier alpha value is -3.59. The third kappa shape index (κ3) is 7.21. The fourth-order valence-electron chi connectivity index (χ4n) is 3.40. The van der Waals surface area contributed by atoms with Gasteiger partial charge in [-0.3, -0.25) is 4.79 Å². The Morgan fingerprint density at radius 3 is 2.44 bits per heavy atom. The molecule has 0 aliphatic rings. The third-order valence-corrected chi connectivity index (χ3v) is 5.36. The van der Waals surface area contributed by atoms with E-state index >= 15 is 0 Å². The number of hydrogen-bond acceptors (Lipinski definition) is 7. The van der Waals surface area contributed by atoms with E-state index in [1.807, 2.05) is 42.5 Å². The van der Waals surface area contributed by atoms with Crippen LogP contribution in [0.1, 0.15) is 28.9 Å². The highest BCUT2D eigenvalue weighted by Gasteiger charge is 2.11. The highest BCUT2D eigenvalue weighted by molar-refractivity contribution is 5.75. The summed E-state index contributed by atoms with van der Waals surface area (Å²) in [5, 5.41) is 36.0. The molecule has 0 aliphatic carbocycles. The van der Waals surface area contributed by atoms with Crippen LogP contribution in [0.15, 0.2) is 66.7 Å². The summed E-state index contributed by atoms with van der Waals surface area (Å²) in [5.74, 6) is 1.30. The van der Waals surface area contributed by atoms with Crippen molar-refractivity contribution in [2.75, 3.05) is 32.1 Å². The average molecular weight is 467 g/mol. The van der Waals surface area contributed by atoms with Gasteiger partial charge in [-0.25, -0.2) is 0 Å². The lowest BCUT2D eigenvalue weighted by Gasteiger charge is -2.15. The Morgan fingerprint density at radius 1 is 0.941 bits per heavy atom. The second-order valence-electron chi connectivity index (χ2n) is 7.76. The lowest BCUT2D eigenvalue weighted by molar-refractivity contribution is -0.105. The smallest absolute Gasteiger partial charge is 0.211 e. The van der Waals surface area contributed by atoms with Crippen LogP contribution < -0.4 is 20.1 Å². The number of ether oxygens (including phenoxy) is 2. The molecule has 0 saturated carbocycles. The van der Waals surface area contributed by atoms with Crippen LogP contribution >= 0.6 is 0 Å². The molecule has 3 aromatic carbocycles. The second-order valence-corrected chi connectivity index (χ2v) is 7.76. The summed E-state index contributed by atoms with van der Waals surface area (Å²) in [7, 11) is 1.58. The number of aliphatic hydroxyl groups excluding tert-OH is 2. The first-order valence-electron chi connectivity index (χ1n) is 11.0. The fourth-order valence-corrected chi connectivity index (χ4v) is 3.40. The van der Waals surface area contributed by atoms with Crippen molar-refractivity contribution >= 4 is 12.1 Å². The Kier molecular flexibility index (Phi) is 9.28. The van der Waals surface area contributed by atoms with E-state index in [4.69, 9.17) is 9.47 Å². The normalized spacial score (nSPS) is 12.6. The van der Waals surface area contributed by atoms with Gasteiger partial charge in [-0.1, -0.05) is 30.3 Å². The van der Waals surface area contributed by atoms with E-state index in [0.29, 0.717) is 36.6 Å². The maximum absolute atomic E-state index is 10.6. The van der Waals surface area contributed by atoms with E-state index in [0.717, 1.165) is 17.5 Å². The molecule has 0 aromatic heterocycles. The number of rotatable bonds is 13. The minimum absolute atomic E-state index is 0.0572. The molecule has 0 heterocycles. The maximum Gasteiger partial charge on any atom is 0.211 e. The number of aliphatic hydroxyl groups is 2. The van der Waals surface area contributed by atoms with Gasteiger partial charge in [-0.15, -0.1) is 0 Å². The van der Waals surface area contributed by atoms with Crippen LogP contribution in [0.5, 0.6) is 17.2 Å². The van der Waals surface area contributed by atoms with Crippen LogP contribution in [0.25, 0.3) is 0 Å². The standard InChI is InChI=1S/C26H30N2O6/c1-33-22-4-2-3-19(13-22)26(32)16-34-21-8-5-18(6-9-21)11-12-27-15-25(31)20-7-10-24(30)23(14-20)28-17-29/h2-10,13-14,17,25-27,30-32H,11-12,15-16H2,1H3,(H,28,29). The van der Waals surface area contributed by atoms with Crippen molar-refractivity contribution in [2.45, 2.75) is 18.6 Å². The van der Waals surface area contributed by atoms with Gasteiger partial charge in [0.05, 0.1) is 18.9 Å². The van der Waals surface area contributed by atoms with Gasteiger partial charge in [0.2, 0.25) is 6.41 Å². The minimum atomic E-state index is -0.778. The van der Waals surface area contributed by atoms with E-state index < -0.39 is 12.2 Å². The molecule has 0 saturated heterocycles. The van der Waals surface area contributed by atoms with Crippen molar-refractivity contribution in [3.63, 3.8) is 0 Å². The highest BCUT2D eigenvalue weighted by Crippen LogP contribution is 2.26. The molecule has 180 valence electrons. The van der Waals surface area contributed by atoms with E-state index in [2.05, 4.69) is 10.6 Å². The molecule has 8 heteroatoms. The number of nitrogens with one attached hydrogen (secondary N) is 2. The molecular formula is C26H30N2O6. The number of anilines is 1. The van der Waals surface area contributed by atoms with Crippen LogP contribution in [-0.2, 0) is 11.2 Å². The van der Waals surface area contributed by atoms with Gasteiger partial charge in [0, 0.05) is 6.54 Å². The fraction of sp³-hybridized carbons (Fsp3) is 0.269.